The Morgan fingerprint density at radius 3 is 2.50 bits per heavy atom. The van der Waals surface area contributed by atoms with Crippen LogP contribution in [0.4, 0.5) is 15.8 Å². The second-order valence-electron chi connectivity index (χ2n) is 5.33. The maximum atomic E-state index is 13.2. The van der Waals surface area contributed by atoms with Gasteiger partial charge in [-0.3, -0.25) is 14.6 Å². The fourth-order valence-electron chi connectivity index (χ4n) is 2.21. The van der Waals surface area contributed by atoms with E-state index in [0.29, 0.717) is 16.4 Å². The Kier molecular flexibility index (Phi) is 5.24. The van der Waals surface area contributed by atoms with Crippen molar-refractivity contribution in [1.29, 1.82) is 0 Å². The maximum absolute atomic E-state index is 13.2. The zero-order chi connectivity index (χ0) is 18.5. The van der Waals surface area contributed by atoms with Crippen molar-refractivity contribution in [3.05, 3.63) is 89.0 Å². The number of para-hydroxylation sites is 1. The number of benzene rings is 2. The van der Waals surface area contributed by atoms with Crippen LogP contribution < -0.4 is 10.6 Å². The molecule has 7 heteroatoms. The number of pyridine rings is 1. The minimum atomic E-state index is -0.553. The predicted molar refractivity (Wildman–Crippen MR) is 98.0 cm³/mol. The van der Waals surface area contributed by atoms with Crippen LogP contribution in [0.25, 0.3) is 0 Å². The standard InChI is InChI=1S/C19H13ClFN3O2/c20-15-6-1-2-7-16(15)24-18(25)12-8-9-22-17(10-12)19(26)23-14-5-3-4-13(21)11-14/h1-11H,(H,23,26)(H,24,25). The lowest BCUT2D eigenvalue weighted by atomic mass is 10.2. The number of anilines is 2. The van der Waals surface area contributed by atoms with Gasteiger partial charge in [0, 0.05) is 17.4 Å². The summed E-state index contributed by atoms with van der Waals surface area (Å²) in [7, 11) is 0. The molecular weight excluding hydrogens is 357 g/mol. The van der Waals surface area contributed by atoms with E-state index in [1.54, 1.807) is 30.3 Å². The van der Waals surface area contributed by atoms with Crippen molar-refractivity contribution in [2.45, 2.75) is 0 Å². The molecule has 0 spiro atoms. The van der Waals surface area contributed by atoms with E-state index in [4.69, 9.17) is 11.6 Å². The number of hydrogen-bond donors (Lipinski definition) is 2. The number of amides is 2. The molecule has 3 aromatic rings. The molecule has 1 aromatic heterocycles. The summed E-state index contributed by atoms with van der Waals surface area (Å²) < 4.78 is 13.2. The lowest BCUT2D eigenvalue weighted by Gasteiger charge is -2.08. The molecule has 1 heterocycles. The first-order chi connectivity index (χ1) is 12.5. The number of halogens is 2. The van der Waals surface area contributed by atoms with Crippen molar-refractivity contribution in [2.24, 2.45) is 0 Å². The number of rotatable bonds is 4. The van der Waals surface area contributed by atoms with Crippen molar-refractivity contribution in [3.63, 3.8) is 0 Å². The average molecular weight is 370 g/mol. The number of hydrogen-bond acceptors (Lipinski definition) is 3. The Labute approximate surface area is 153 Å². The van der Waals surface area contributed by atoms with Gasteiger partial charge in [0.2, 0.25) is 0 Å². The van der Waals surface area contributed by atoms with Crippen LogP contribution in [0, 0.1) is 5.82 Å². The lowest BCUT2D eigenvalue weighted by Crippen LogP contribution is -2.17. The van der Waals surface area contributed by atoms with E-state index >= 15 is 0 Å². The molecule has 0 aliphatic carbocycles. The Morgan fingerprint density at radius 1 is 0.923 bits per heavy atom. The molecule has 2 amide bonds. The fourth-order valence-corrected chi connectivity index (χ4v) is 2.40. The molecule has 0 unspecified atom stereocenters. The second kappa shape index (κ2) is 7.76. The molecule has 0 saturated heterocycles. The van der Waals surface area contributed by atoms with Gasteiger partial charge in [-0.15, -0.1) is 0 Å². The smallest absolute Gasteiger partial charge is 0.274 e. The van der Waals surface area contributed by atoms with Crippen LogP contribution in [0.1, 0.15) is 20.8 Å². The van der Waals surface area contributed by atoms with Gasteiger partial charge in [0.25, 0.3) is 11.8 Å². The lowest BCUT2D eigenvalue weighted by molar-refractivity contribution is 0.102. The fraction of sp³-hybridized carbons (Fsp3) is 0. The largest absolute Gasteiger partial charge is 0.321 e. The van der Waals surface area contributed by atoms with Crippen LogP contribution in [0.5, 0.6) is 0 Å². The summed E-state index contributed by atoms with van der Waals surface area (Å²) in [5.74, 6) is -1.45. The zero-order valence-corrected chi connectivity index (χ0v) is 14.1. The van der Waals surface area contributed by atoms with Crippen LogP contribution in [-0.4, -0.2) is 16.8 Å². The summed E-state index contributed by atoms with van der Waals surface area (Å²) in [6.45, 7) is 0. The average Bonchev–Trinajstić information content (AvgIpc) is 2.63. The summed E-state index contributed by atoms with van der Waals surface area (Å²) in [4.78, 5) is 28.6. The first-order valence-electron chi connectivity index (χ1n) is 7.62. The van der Waals surface area contributed by atoms with E-state index in [9.17, 15) is 14.0 Å². The van der Waals surface area contributed by atoms with E-state index in [2.05, 4.69) is 15.6 Å². The molecule has 0 fully saturated rings. The Hall–Kier alpha value is -3.25. The monoisotopic (exact) mass is 369 g/mol. The third-order valence-corrected chi connectivity index (χ3v) is 3.79. The van der Waals surface area contributed by atoms with E-state index in [0.717, 1.165) is 0 Å². The molecule has 0 radical (unpaired) electrons. The highest BCUT2D eigenvalue weighted by molar-refractivity contribution is 6.33. The highest BCUT2D eigenvalue weighted by Crippen LogP contribution is 2.21. The molecule has 0 bridgehead atoms. The molecule has 0 aliphatic rings. The minimum Gasteiger partial charge on any atom is -0.321 e. The normalized spacial score (nSPS) is 10.2. The van der Waals surface area contributed by atoms with Crippen molar-refractivity contribution < 1.29 is 14.0 Å². The van der Waals surface area contributed by atoms with Crippen molar-refractivity contribution >= 4 is 34.8 Å². The van der Waals surface area contributed by atoms with Gasteiger partial charge in [-0.2, -0.15) is 0 Å². The van der Waals surface area contributed by atoms with Crippen molar-refractivity contribution in [3.8, 4) is 0 Å². The van der Waals surface area contributed by atoms with Gasteiger partial charge in [0.05, 0.1) is 10.7 Å². The van der Waals surface area contributed by atoms with Gasteiger partial charge < -0.3 is 10.6 Å². The molecule has 26 heavy (non-hydrogen) atoms. The number of aromatic nitrogens is 1. The summed E-state index contributed by atoms with van der Waals surface area (Å²) >= 11 is 6.02. The number of carbonyl (C=O) groups excluding carboxylic acids is 2. The minimum absolute atomic E-state index is 0.0288. The maximum Gasteiger partial charge on any atom is 0.274 e. The molecule has 2 aromatic carbocycles. The molecule has 0 aliphatic heterocycles. The first-order valence-corrected chi connectivity index (χ1v) is 7.99. The van der Waals surface area contributed by atoms with Crippen LogP contribution in [0.3, 0.4) is 0 Å². The summed E-state index contributed by atoms with van der Waals surface area (Å²) in [5.41, 5.74) is 1.02. The number of nitrogens with zero attached hydrogens (tertiary/aromatic N) is 1. The highest BCUT2D eigenvalue weighted by Gasteiger charge is 2.13. The van der Waals surface area contributed by atoms with Crippen molar-refractivity contribution in [2.75, 3.05) is 10.6 Å². The van der Waals surface area contributed by atoms with Crippen LogP contribution in [0.2, 0.25) is 5.02 Å². The molecule has 130 valence electrons. The van der Waals surface area contributed by atoms with Gasteiger partial charge in [-0.05, 0) is 42.5 Å². The third kappa shape index (κ3) is 4.23. The van der Waals surface area contributed by atoms with Gasteiger partial charge in [0.15, 0.2) is 0 Å². The van der Waals surface area contributed by atoms with Crippen LogP contribution in [0.15, 0.2) is 66.9 Å². The Bertz CT molecular complexity index is 978. The molecule has 3 rings (SSSR count). The van der Waals surface area contributed by atoms with Gasteiger partial charge in [-0.1, -0.05) is 29.8 Å². The highest BCUT2D eigenvalue weighted by atomic mass is 35.5. The SMILES string of the molecule is O=C(Nc1ccccc1Cl)c1ccnc(C(=O)Nc2cccc(F)c2)c1. The summed E-state index contributed by atoms with van der Waals surface area (Å²) in [6.07, 6.45) is 1.35. The van der Waals surface area contributed by atoms with Gasteiger partial charge in [-0.25, -0.2) is 4.39 Å². The van der Waals surface area contributed by atoms with E-state index < -0.39 is 17.6 Å². The number of carbonyl (C=O) groups is 2. The van der Waals surface area contributed by atoms with E-state index in [1.807, 2.05) is 0 Å². The third-order valence-electron chi connectivity index (χ3n) is 3.46. The molecular formula is C19H13ClFN3O2. The van der Waals surface area contributed by atoms with Gasteiger partial charge >= 0.3 is 0 Å². The molecule has 0 saturated carbocycles. The van der Waals surface area contributed by atoms with Crippen LogP contribution >= 0.6 is 11.6 Å². The predicted octanol–water partition coefficient (Wildman–Crippen LogP) is 4.38. The first kappa shape index (κ1) is 17.6. The Morgan fingerprint density at radius 2 is 1.73 bits per heavy atom. The van der Waals surface area contributed by atoms with E-state index in [-0.39, 0.29) is 11.3 Å². The van der Waals surface area contributed by atoms with Crippen LogP contribution in [-0.2, 0) is 0 Å². The molecule has 5 nitrogen and oxygen atoms in total. The summed E-state index contributed by atoms with van der Waals surface area (Å²) in [5, 5.41) is 5.60. The second-order valence-corrected chi connectivity index (χ2v) is 5.74. The van der Waals surface area contributed by atoms with Crippen molar-refractivity contribution in [1.82, 2.24) is 4.98 Å². The summed E-state index contributed by atoms with van der Waals surface area (Å²) in [6, 6.07) is 15.1. The zero-order valence-electron chi connectivity index (χ0n) is 13.4. The molecule has 2 N–H and O–H groups in total. The number of nitrogens with one attached hydrogen (secondary N) is 2. The molecule has 0 atom stereocenters. The van der Waals surface area contributed by atoms with E-state index in [1.165, 1.54) is 36.5 Å². The Balaban J connectivity index is 1.76. The quantitative estimate of drug-likeness (QED) is 0.717. The topological polar surface area (TPSA) is 71.1 Å². The van der Waals surface area contributed by atoms with Gasteiger partial charge in [0.1, 0.15) is 11.5 Å².